The number of benzene rings is 2. The number of ether oxygens (including phenoxy) is 2. The van der Waals surface area contributed by atoms with Crippen molar-refractivity contribution in [3.63, 3.8) is 0 Å². The summed E-state index contributed by atoms with van der Waals surface area (Å²) in [5.41, 5.74) is 0.844. The molecule has 0 fully saturated rings. The zero-order valence-electron chi connectivity index (χ0n) is 10.1. The maximum absolute atomic E-state index is 6.15. The van der Waals surface area contributed by atoms with E-state index in [0.29, 0.717) is 22.4 Å². The van der Waals surface area contributed by atoms with Crippen molar-refractivity contribution >= 4 is 39.1 Å². The van der Waals surface area contributed by atoms with Crippen molar-refractivity contribution < 1.29 is 9.47 Å². The Kier molecular flexibility index (Phi) is 4.97. The van der Waals surface area contributed by atoms with Gasteiger partial charge in [-0.05, 0) is 40.2 Å². The Balaban J connectivity index is 2.36. The summed E-state index contributed by atoms with van der Waals surface area (Å²) in [5, 5.41) is 0.529. The number of para-hydroxylation sites is 1. The van der Waals surface area contributed by atoms with E-state index in [4.69, 9.17) is 32.7 Å². The normalized spacial score (nSPS) is 10.3. The minimum Gasteiger partial charge on any atom is -0.497 e. The average molecular weight is 362 g/mol. The highest BCUT2D eigenvalue weighted by Gasteiger charge is 2.11. The van der Waals surface area contributed by atoms with Crippen molar-refractivity contribution in [1.29, 1.82) is 0 Å². The third-order valence-corrected chi connectivity index (χ3v) is 3.75. The predicted molar refractivity (Wildman–Crippen MR) is 81.8 cm³/mol. The number of halogens is 3. The predicted octanol–water partition coefficient (Wildman–Crippen LogP) is 5.64. The van der Waals surface area contributed by atoms with E-state index in [1.807, 2.05) is 30.3 Å². The summed E-state index contributed by atoms with van der Waals surface area (Å²) in [7, 11) is 1.61. The van der Waals surface area contributed by atoms with Gasteiger partial charge in [-0.1, -0.05) is 23.7 Å². The Morgan fingerprint density at radius 1 is 1.21 bits per heavy atom. The van der Waals surface area contributed by atoms with Crippen LogP contribution in [-0.4, -0.2) is 7.11 Å². The highest BCUT2D eigenvalue weighted by Crippen LogP contribution is 2.38. The van der Waals surface area contributed by atoms with Crippen LogP contribution in [0.5, 0.6) is 17.2 Å². The van der Waals surface area contributed by atoms with Crippen molar-refractivity contribution in [1.82, 2.24) is 0 Å². The molecule has 0 unspecified atom stereocenters. The van der Waals surface area contributed by atoms with Crippen LogP contribution in [0.2, 0.25) is 5.02 Å². The molecule has 0 saturated carbocycles. The molecule has 2 aromatic rings. The maximum atomic E-state index is 6.15. The first kappa shape index (κ1) is 14.5. The zero-order valence-corrected chi connectivity index (χ0v) is 13.2. The van der Waals surface area contributed by atoms with Crippen LogP contribution in [0.15, 0.2) is 40.9 Å². The second-order valence-electron chi connectivity index (χ2n) is 3.76. The lowest BCUT2D eigenvalue weighted by Crippen LogP contribution is -1.92. The van der Waals surface area contributed by atoms with E-state index in [2.05, 4.69) is 15.9 Å². The van der Waals surface area contributed by atoms with E-state index in [1.54, 1.807) is 13.2 Å². The van der Waals surface area contributed by atoms with Gasteiger partial charge in [0.2, 0.25) is 0 Å². The summed E-state index contributed by atoms with van der Waals surface area (Å²) in [6.45, 7) is 0. The first-order chi connectivity index (χ1) is 9.15. The van der Waals surface area contributed by atoms with Crippen LogP contribution in [-0.2, 0) is 5.88 Å². The molecule has 2 aromatic carbocycles. The zero-order chi connectivity index (χ0) is 13.8. The minimum absolute atomic E-state index is 0.337. The van der Waals surface area contributed by atoms with Crippen molar-refractivity contribution in [2.75, 3.05) is 7.11 Å². The molecule has 0 aromatic heterocycles. The number of methoxy groups -OCH3 is 1. The summed E-state index contributed by atoms with van der Waals surface area (Å²) >= 11 is 15.5. The molecule has 0 amide bonds. The highest BCUT2D eigenvalue weighted by molar-refractivity contribution is 9.10. The van der Waals surface area contributed by atoms with Gasteiger partial charge in [0.25, 0.3) is 0 Å². The molecule has 5 heteroatoms. The second-order valence-corrected chi connectivity index (χ2v) is 5.29. The molecule has 0 aliphatic heterocycles. The monoisotopic (exact) mass is 360 g/mol. The van der Waals surface area contributed by atoms with Crippen LogP contribution in [0.25, 0.3) is 0 Å². The standard InChI is InChI=1S/C14H11BrCl2O2/c1-18-10-5-6-13(11(15)7-10)19-14-9(8-16)3-2-4-12(14)17/h2-7H,8H2,1H3. The van der Waals surface area contributed by atoms with Crippen LogP contribution in [0, 0.1) is 0 Å². The number of hydrogen-bond donors (Lipinski definition) is 0. The van der Waals surface area contributed by atoms with Crippen molar-refractivity contribution in [3.8, 4) is 17.2 Å². The molecule has 0 radical (unpaired) electrons. The fraction of sp³-hybridized carbons (Fsp3) is 0.143. The average Bonchev–Trinajstić information content (AvgIpc) is 2.42. The van der Waals surface area contributed by atoms with Gasteiger partial charge < -0.3 is 9.47 Å². The first-order valence-corrected chi connectivity index (χ1v) is 7.21. The molecular formula is C14H11BrCl2O2. The largest absolute Gasteiger partial charge is 0.497 e. The summed E-state index contributed by atoms with van der Waals surface area (Å²) in [4.78, 5) is 0. The van der Waals surface area contributed by atoms with Crippen LogP contribution in [0.4, 0.5) is 0 Å². The highest BCUT2D eigenvalue weighted by atomic mass is 79.9. The molecule has 2 rings (SSSR count). The first-order valence-electron chi connectivity index (χ1n) is 5.50. The molecule has 0 aliphatic rings. The molecule has 0 aliphatic carbocycles. The topological polar surface area (TPSA) is 18.5 Å². The quantitative estimate of drug-likeness (QED) is 0.656. The van der Waals surface area contributed by atoms with Crippen LogP contribution >= 0.6 is 39.1 Å². The van der Waals surface area contributed by atoms with E-state index in [0.717, 1.165) is 15.8 Å². The van der Waals surface area contributed by atoms with Crippen LogP contribution < -0.4 is 9.47 Å². The SMILES string of the molecule is COc1ccc(Oc2c(Cl)cccc2CCl)c(Br)c1. The van der Waals surface area contributed by atoms with Crippen molar-refractivity contribution in [2.24, 2.45) is 0 Å². The van der Waals surface area contributed by atoms with E-state index in [9.17, 15) is 0 Å². The van der Waals surface area contributed by atoms with Crippen molar-refractivity contribution in [3.05, 3.63) is 51.5 Å². The molecule has 2 nitrogen and oxygen atoms in total. The Labute approximate surface area is 130 Å². The van der Waals surface area contributed by atoms with Crippen LogP contribution in [0.3, 0.4) is 0 Å². The number of rotatable bonds is 4. The molecule has 0 atom stereocenters. The van der Waals surface area contributed by atoms with Crippen molar-refractivity contribution in [2.45, 2.75) is 5.88 Å². The lowest BCUT2D eigenvalue weighted by Gasteiger charge is -2.13. The molecule has 0 N–H and O–H groups in total. The molecule has 0 spiro atoms. The van der Waals surface area contributed by atoms with Gasteiger partial charge in [-0.2, -0.15) is 0 Å². The lowest BCUT2D eigenvalue weighted by molar-refractivity contribution is 0.412. The third kappa shape index (κ3) is 3.35. The molecular weight excluding hydrogens is 351 g/mol. The Morgan fingerprint density at radius 3 is 2.63 bits per heavy atom. The van der Waals surface area contributed by atoms with E-state index in [1.165, 1.54) is 0 Å². The van der Waals surface area contributed by atoms with Gasteiger partial charge in [0.05, 0.1) is 22.5 Å². The summed E-state index contributed by atoms with van der Waals surface area (Å²) < 4.78 is 11.8. The molecule has 100 valence electrons. The Morgan fingerprint density at radius 2 is 2.00 bits per heavy atom. The fourth-order valence-electron chi connectivity index (χ4n) is 1.57. The van der Waals surface area contributed by atoms with Crippen LogP contribution in [0.1, 0.15) is 5.56 Å². The smallest absolute Gasteiger partial charge is 0.150 e. The third-order valence-electron chi connectivity index (χ3n) is 2.54. The van der Waals surface area contributed by atoms with E-state index < -0.39 is 0 Å². The molecule has 0 bridgehead atoms. The van der Waals surface area contributed by atoms with Gasteiger partial charge >= 0.3 is 0 Å². The Hall–Kier alpha value is -0.900. The fourth-order valence-corrected chi connectivity index (χ4v) is 2.46. The van der Waals surface area contributed by atoms with E-state index in [-0.39, 0.29) is 0 Å². The summed E-state index contributed by atoms with van der Waals surface area (Å²) in [6.07, 6.45) is 0. The molecule has 0 heterocycles. The summed E-state index contributed by atoms with van der Waals surface area (Å²) in [5.74, 6) is 2.31. The number of alkyl halides is 1. The second kappa shape index (κ2) is 6.51. The summed E-state index contributed by atoms with van der Waals surface area (Å²) in [6, 6.07) is 10.9. The lowest BCUT2D eigenvalue weighted by atomic mass is 10.2. The number of hydrogen-bond acceptors (Lipinski definition) is 2. The molecule has 0 saturated heterocycles. The van der Waals surface area contributed by atoms with Gasteiger partial charge in [0.1, 0.15) is 17.2 Å². The molecule has 19 heavy (non-hydrogen) atoms. The van der Waals surface area contributed by atoms with E-state index >= 15 is 0 Å². The van der Waals surface area contributed by atoms with Gasteiger partial charge in [-0.25, -0.2) is 0 Å². The van der Waals surface area contributed by atoms with Gasteiger partial charge in [-0.3, -0.25) is 0 Å². The minimum atomic E-state index is 0.337. The Bertz CT molecular complexity index is 588. The van der Waals surface area contributed by atoms with Gasteiger partial charge in [0.15, 0.2) is 0 Å². The maximum Gasteiger partial charge on any atom is 0.150 e. The van der Waals surface area contributed by atoms with Gasteiger partial charge in [-0.15, -0.1) is 11.6 Å². The van der Waals surface area contributed by atoms with Gasteiger partial charge in [0, 0.05) is 5.56 Å².